The van der Waals surface area contributed by atoms with Crippen LogP contribution in [0.5, 0.6) is 5.75 Å². The second-order valence-corrected chi connectivity index (χ2v) is 9.78. The molecule has 1 unspecified atom stereocenters. The average Bonchev–Trinajstić information content (AvgIpc) is 3.53. The van der Waals surface area contributed by atoms with Crippen molar-refractivity contribution < 1.29 is 31.4 Å². The van der Waals surface area contributed by atoms with E-state index in [0.717, 1.165) is 0 Å². The minimum absolute atomic E-state index is 0.0299. The molecule has 1 aliphatic rings. The number of anilines is 1. The van der Waals surface area contributed by atoms with Crippen molar-refractivity contribution in [1.82, 2.24) is 15.5 Å². The van der Waals surface area contributed by atoms with E-state index in [9.17, 15) is 26.7 Å². The number of fused-ring (bicyclic) bond motifs is 1. The molecule has 1 atom stereocenters. The number of hydrogen-bond donors (Lipinski definition) is 4. The molecule has 12 heteroatoms. The molecule has 178 valence electrons. The lowest BCUT2D eigenvalue weighted by atomic mass is 10.1. The third-order valence-corrected chi connectivity index (χ3v) is 7.06. The first kappa shape index (κ1) is 23.3. The summed E-state index contributed by atoms with van der Waals surface area (Å²) in [7, 11) is -3.38. The number of aromatic amines is 1. The van der Waals surface area contributed by atoms with Gasteiger partial charge in [0.25, 0.3) is 0 Å². The third-order valence-electron chi connectivity index (χ3n) is 5.19. The number of nitrogens with one attached hydrogen (secondary N) is 3. The molecule has 0 aliphatic heterocycles. The fraction of sp³-hybridized carbons (Fsp3) is 0.381. The van der Waals surface area contributed by atoms with E-state index in [2.05, 4.69) is 15.1 Å². The number of halogens is 3. The molecular weight excluding hydrogens is 461 g/mol. The molecule has 3 aromatic rings. The highest BCUT2D eigenvalue weighted by atomic mass is 32.2. The van der Waals surface area contributed by atoms with Crippen molar-refractivity contribution in [3.63, 3.8) is 0 Å². The molecule has 8 nitrogen and oxygen atoms in total. The second kappa shape index (κ2) is 9.20. The number of rotatable bonds is 10. The zero-order valence-corrected chi connectivity index (χ0v) is 18.2. The molecule has 0 spiro atoms. The van der Waals surface area contributed by atoms with Crippen LogP contribution >= 0.6 is 0 Å². The van der Waals surface area contributed by atoms with Crippen molar-refractivity contribution in [2.75, 3.05) is 24.4 Å². The molecule has 0 saturated heterocycles. The number of aliphatic hydroxyl groups excluding tert-OH is 1. The van der Waals surface area contributed by atoms with Gasteiger partial charge in [-0.3, -0.25) is 9.82 Å². The van der Waals surface area contributed by atoms with Crippen molar-refractivity contribution in [3.8, 4) is 5.75 Å². The first-order valence-corrected chi connectivity index (χ1v) is 11.9. The molecule has 0 radical (unpaired) electrons. The molecule has 0 bridgehead atoms. The van der Waals surface area contributed by atoms with Crippen LogP contribution < -0.4 is 14.8 Å². The predicted octanol–water partition coefficient (Wildman–Crippen LogP) is 3.19. The van der Waals surface area contributed by atoms with Crippen LogP contribution in [0.25, 0.3) is 10.9 Å². The number of hydrogen-bond acceptors (Lipinski definition) is 6. The number of ether oxygens (including phenoxy) is 1. The van der Waals surface area contributed by atoms with E-state index in [-0.39, 0.29) is 29.3 Å². The summed E-state index contributed by atoms with van der Waals surface area (Å²) in [5.41, 5.74) is 0.220. The fourth-order valence-corrected chi connectivity index (χ4v) is 4.71. The summed E-state index contributed by atoms with van der Waals surface area (Å²) in [5, 5.41) is 18.7. The van der Waals surface area contributed by atoms with Gasteiger partial charge in [0.05, 0.1) is 16.9 Å². The Hall–Kier alpha value is -2.83. The van der Waals surface area contributed by atoms with Crippen LogP contribution in [-0.2, 0) is 16.2 Å². The van der Waals surface area contributed by atoms with Crippen molar-refractivity contribution >= 4 is 26.6 Å². The number of nitrogens with zero attached hydrogens (tertiary/aromatic N) is 1. The van der Waals surface area contributed by atoms with E-state index in [4.69, 9.17) is 4.74 Å². The van der Waals surface area contributed by atoms with Gasteiger partial charge in [-0.1, -0.05) is 12.1 Å². The van der Waals surface area contributed by atoms with Gasteiger partial charge in [0, 0.05) is 30.2 Å². The summed E-state index contributed by atoms with van der Waals surface area (Å²) < 4.78 is 70.9. The lowest BCUT2D eigenvalue weighted by Crippen LogP contribution is -2.26. The van der Waals surface area contributed by atoms with Crippen LogP contribution in [0.15, 0.2) is 42.5 Å². The Bertz CT molecular complexity index is 1230. The highest BCUT2D eigenvalue weighted by Gasteiger charge is 2.36. The number of benzene rings is 2. The molecule has 2 aromatic carbocycles. The summed E-state index contributed by atoms with van der Waals surface area (Å²) in [4.78, 5) is 0. The van der Waals surface area contributed by atoms with Crippen LogP contribution in [0.1, 0.15) is 30.2 Å². The summed E-state index contributed by atoms with van der Waals surface area (Å²) in [6.07, 6.45) is -4.05. The smallest absolute Gasteiger partial charge is 0.433 e. The van der Waals surface area contributed by atoms with Crippen LogP contribution in [0, 0.1) is 0 Å². The van der Waals surface area contributed by atoms with Gasteiger partial charge in [-0.05, 0) is 42.7 Å². The highest BCUT2D eigenvalue weighted by molar-refractivity contribution is 7.93. The molecule has 0 amide bonds. The quantitative estimate of drug-likeness (QED) is 0.329. The predicted molar refractivity (Wildman–Crippen MR) is 116 cm³/mol. The topological polar surface area (TPSA) is 116 Å². The Morgan fingerprint density at radius 3 is 2.73 bits per heavy atom. The van der Waals surface area contributed by atoms with Crippen LogP contribution in [0.4, 0.5) is 18.9 Å². The average molecular weight is 485 g/mol. The Labute approximate surface area is 188 Å². The lowest BCUT2D eigenvalue weighted by Gasteiger charge is -2.14. The molecular formula is C21H23F3N4O4S. The number of aliphatic hydroxyl groups is 1. The number of aromatic nitrogens is 2. The third kappa shape index (κ3) is 5.75. The Kier molecular flexibility index (Phi) is 6.50. The normalized spacial score (nSPS) is 15.5. The molecule has 1 heterocycles. The Morgan fingerprint density at radius 1 is 1.21 bits per heavy atom. The monoisotopic (exact) mass is 484 g/mol. The van der Waals surface area contributed by atoms with Crippen molar-refractivity contribution in [2.24, 2.45) is 0 Å². The SMILES string of the molecule is O=S(=O)(Nc1cccc(C(O)CNCCOc2ccc3c(C(F)(F)F)[nH]nc3c2)c1)C1CC1. The molecule has 1 saturated carbocycles. The Balaban J connectivity index is 1.24. The van der Waals surface area contributed by atoms with Crippen LogP contribution in [-0.4, -0.2) is 48.7 Å². The summed E-state index contributed by atoms with van der Waals surface area (Å²) in [6.45, 7) is 0.795. The van der Waals surface area contributed by atoms with Gasteiger partial charge in [0.2, 0.25) is 10.0 Å². The van der Waals surface area contributed by atoms with Gasteiger partial charge < -0.3 is 15.2 Å². The van der Waals surface area contributed by atoms with Gasteiger partial charge in [0.15, 0.2) is 0 Å². The van der Waals surface area contributed by atoms with Gasteiger partial charge >= 0.3 is 6.18 Å². The van der Waals surface area contributed by atoms with E-state index in [0.29, 0.717) is 36.4 Å². The van der Waals surface area contributed by atoms with Gasteiger partial charge in [-0.2, -0.15) is 18.3 Å². The standard InChI is InChI=1S/C21H23F3N4O4S/c22-21(23,24)20-17-7-4-15(11-18(17)26-27-20)32-9-8-25-12-19(29)13-2-1-3-14(10-13)28-33(30,31)16-5-6-16/h1-4,7,10-11,16,19,25,28-29H,5-6,8-9,12H2,(H,26,27). The number of sulfonamides is 1. The molecule has 1 aliphatic carbocycles. The zero-order chi connectivity index (χ0) is 23.6. The molecule has 1 fully saturated rings. The largest absolute Gasteiger partial charge is 0.492 e. The van der Waals surface area contributed by atoms with Crippen molar-refractivity contribution in [3.05, 3.63) is 53.7 Å². The summed E-state index contributed by atoms with van der Waals surface area (Å²) >= 11 is 0. The van der Waals surface area contributed by atoms with E-state index >= 15 is 0 Å². The maximum atomic E-state index is 12.9. The lowest BCUT2D eigenvalue weighted by molar-refractivity contribution is -0.139. The molecule has 4 N–H and O–H groups in total. The highest BCUT2D eigenvalue weighted by Crippen LogP contribution is 2.34. The first-order chi connectivity index (χ1) is 15.6. The van der Waals surface area contributed by atoms with Crippen LogP contribution in [0.3, 0.4) is 0 Å². The Morgan fingerprint density at radius 2 is 2.00 bits per heavy atom. The zero-order valence-electron chi connectivity index (χ0n) is 17.4. The van der Waals surface area contributed by atoms with E-state index < -0.39 is 28.0 Å². The fourth-order valence-electron chi connectivity index (χ4n) is 3.33. The summed E-state index contributed by atoms with van der Waals surface area (Å²) in [5.74, 6) is 0.376. The van der Waals surface area contributed by atoms with Gasteiger partial charge in [-0.25, -0.2) is 8.42 Å². The molecule has 33 heavy (non-hydrogen) atoms. The van der Waals surface area contributed by atoms with E-state index in [1.165, 1.54) is 18.2 Å². The van der Waals surface area contributed by atoms with Crippen molar-refractivity contribution in [2.45, 2.75) is 30.4 Å². The maximum Gasteiger partial charge on any atom is 0.433 e. The molecule has 1 aromatic heterocycles. The number of alkyl halides is 3. The number of H-pyrrole nitrogens is 1. The van der Waals surface area contributed by atoms with Crippen molar-refractivity contribution in [1.29, 1.82) is 0 Å². The van der Waals surface area contributed by atoms with E-state index in [1.807, 2.05) is 5.10 Å². The maximum absolute atomic E-state index is 12.9. The summed E-state index contributed by atoms with van der Waals surface area (Å²) in [6, 6.07) is 10.8. The first-order valence-electron chi connectivity index (χ1n) is 10.3. The van der Waals surface area contributed by atoms with Gasteiger partial charge in [0.1, 0.15) is 18.1 Å². The van der Waals surface area contributed by atoms with Gasteiger partial charge in [-0.15, -0.1) is 0 Å². The molecule has 4 rings (SSSR count). The second-order valence-electron chi connectivity index (χ2n) is 7.82. The van der Waals surface area contributed by atoms with E-state index in [1.54, 1.807) is 24.3 Å². The van der Waals surface area contributed by atoms with Crippen LogP contribution in [0.2, 0.25) is 0 Å². The minimum Gasteiger partial charge on any atom is -0.492 e. The minimum atomic E-state index is -4.51.